The molecule has 0 atom stereocenters. The lowest BCUT2D eigenvalue weighted by Gasteiger charge is -2.30. The normalized spacial score (nSPS) is 11.9. The molecular formula is C11H24N2O. The van der Waals surface area contributed by atoms with Crippen molar-refractivity contribution in [3.05, 3.63) is 0 Å². The van der Waals surface area contributed by atoms with Crippen LogP contribution in [0.2, 0.25) is 0 Å². The third-order valence-electron chi connectivity index (χ3n) is 2.33. The highest BCUT2D eigenvalue weighted by atomic mass is 16.2. The SMILES string of the molecule is CC(C)CN(C)C(=O)C(C)(C)CCN. The van der Waals surface area contributed by atoms with E-state index in [1.807, 2.05) is 20.9 Å². The summed E-state index contributed by atoms with van der Waals surface area (Å²) in [5.41, 5.74) is 5.16. The number of nitrogens with zero attached hydrogens (tertiary/aromatic N) is 1. The second kappa shape index (κ2) is 5.35. The third-order valence-corrected chi connectivity index (χ3v) is 2.33. The highest BCUT2D eigenvalue weighted by Crippen LogP contribution is 2.22. The molecule has 0 aromatic heterocycles. The zero-order valence-corrected chi connectivity index (χ0v) is 10.1. The summed E-state index contributed by atoms with van der Waals surface area (Å²) in [6.45, 7) is 9.51. The van der Waals surface area contributed by atoms with Crippen LogP contribution in [0, 0.1) is 11.3 Å². The van der Waals surface area contributed by atoms with Crippen molar-refractivity contribution in [3.8, 4) is 0 Å². The molecule has 0 bridgehead atoms. The van der Waals surface area contributed by atoms with Crippen LogP contribution in [-0.2, 0) is 4.79 Å². The van der Waals surface area contributed by atoms with Gasteiger partial charge in [0, 0.05) is 19.0 Å². The van der Waals surface area contributed by atoms with Crippen molar-refractivity contribution in [3.63, 3.8) is 0 Å². The van der Waals surface area contributed by atoms with Crippen LogP contribution in [0.5, 0.6) is 0 Å². The average molecular weight is 200 g/mol. The Bertz CT molecular complexity index is 188. The standard InChI is InChI=1S/C11H24N2O/c1-9(2)8-13(5)10(14)11(3,4)6-7-12/h9H,6-8,12H2,1-5H3. The fourth-order valence-corrected chi connectivity index (χ4v) is 1.62. The zero-order chi connectivity index (χ0) is 11.4. The number of rotatable bonds is 5. The molecule has 0 saturated heterocycles. The van der Waals surface area contributed by atoms with Crippen molar-refractivity contribution in [1.82, 2.24) is 4.90 Å². The maximum atomic E-state index is 12.0. The predicted octanol–water partition coefficient (Wildman–Crippen LogP) is 1.48. The summed E-state index contributed by atoms with van der Waals surface area (Å²) in [6.07, 6.45) is 0.744. The Balaban J connectivity index is 4.29. The molecule has 84 valence electrons. The maximum absolute atomic E-state index is 12.0. The minimum atomic E-state index is -0.321. The smallest absolute Gasteiger partial charge is 0.228 e. The van der Waals surface area contributed by atoms with E-state index in [-0.39, 0.29) is 11.3 Å². The number of carbonyl (C=O) groups excluding carboxylic acids is 1. The number of nitrogens with two attached hydrogens (primary N) is 1. The van der Waals surface area contributed by atoms with Gasteiger partial charge in [-0.15, -0.1) is 0 Å². The topological polar surface area (TPSA) is 46.3 Å². The van der Waals surface area contributed by atoms with Crippen LogP contribution >= 0.6 is 0 Å². The van der Waals surface area contributed by atoms with Crippen LogP contribution in [0.25, 0.3) is 0 Å². The Morgan fingerprint density at radius 3 is 2.29 bits per heavy atom. The Morgan fingerprint density at radius 2 is 1.93 bits per heavy atom. The van der Waals surface area contributed by atoms with Gasteiger partial charge in [0.1, 0.15) is 0 Å². The Morgan fingerprint density at radius 1 is 1.43 bits per heavy atom. The number of hydrogen-bond acceptors (Lipinski definition) is 2. The lowest BCUT2D eigenvalue weighted by molar-refractivity contribution is -0.139. The molecule has 0 spiro atoms. The van der Waals surface area contributed by atoms with E-state index in [0.29, 0.717) is 12.5 Å². The van der Waals surface area contributed by atoms with Crippen LogP contribution in [0.3, 0.4) is 0 Å². The first-order valence-electron chi connectivity index (χ1n) is 5.27. The molecule has 0 unspecified atom stereocenters. The second-order valence-corrected chi connectivity index (χ2v) is 5.00. The molecule has 0 aliphatic rings. The van der Waals surface area contributed by atoms with Crippen molar-refractivity contribution in [2.75, 3.05) is 20.1 Å². The Labute approximate surface area is 87.6 Å². The molecule has 0 aliphatic heterocycles. The molecule has 0 fully saturated rings. The van der Waals surface area contributed by atoms with E-state index in [4.69, 9.17) is 5.73 Å². The van der Waals surface area contributed by atoms with Crippen molar-refractivity contribution in [2.24, 2.45) is 17.1 Å². The summed E-state index contributed by atoms with van der Waals surface area (Å²) in [4.78, 5) is 13.8. The predicted molar refractivity (Wildman–Crippen MR) is 59.9 cm³/mol. The molecule has 3 heteroatoms. The van der Waals surface area contributed by atoms with Crippen molar-refractivity contribution >= 4 is 5.91 Å². The van der Waals surface area contributed by atoms with E-state index < -0.39 is 0 Å². The van der Waals surface area contributed by atoms with E-state index >= 15 is 0 Å². The second-order valence-electron chi connectivity index (χ2n) is 5.00. The van der Waals surface area contributed by atoms with Gasteiger partial charge in [0.15, 0.2) is 0 Å². The largest absolute Gasteiger partial charge is 0.345 e. The monoisotopic (exact) mass is 200 g/mol. The third kappa shape index (κ3) is 4.09. The first kappa shape index (κ1) is 13.4. The summed E-state index contributed by atoms with van der Waals surface area (Å²) in [7, 11) is 1.86. The molecule has 0 radical (unpaired) electrons. The number of carbonyl (C=O) groups is 1. The zero-order valence-electron chi connectivity index (χ0n) is 10.1. The quantitative estimate of drug-likeness (QED) is 0.730. The molecule has 0 aliphatic carbocycles. The Hall–Kier alpha value is -0.570. The summed E-state index contributed by atoms with van der Waals surface area (Å²) in [5.74, 6) is 0.703. The summed E-state index contributed by atoms with van der Waals surface area (Å²) < 4.78 is 0. The highest BCUT2D eigenvalue weighted by molar-refractivity contribution is 5.81. The van der Waals surface area contributed by atoms with Gasteiger partial charge < -0.3 is 10.6 Å². The average Bonchev–Trinajstić information content (AvgIpc) is 2.01. The van der Waals surface area contributed by atoms with Gasteiger partial charge in [-0.05, 0) is 18.9 Å². The fourth-order valence-electron chi connectivity index (χ4n) is 1.62. The highest BCUT2D eigenvalue weighted by Gasteiger charge is 2.29. The van der Waals surface area contributed by atoms with Crippen LogP contribution in [-0.4, -0.2) is 30.9 Å². The van der Waals surface area contributed by atoms with Crippen LogP contribution in [0.15, 0.2) is 0 Å². The molecule has 0 aromatic rings. The molecule has 0 saturated carbocycles. The summed E-state index contributed by atoms with van der Waals surface area (Å²) >= 11 is 0. The molecule has 0 aromatic carbocycles. The van der Waals surface area contributed by atoms with Crippen molar-refractivity contribution in [1.29, 1.82) is 0 Å². The van der Waals surface area contributed by atoms with Crippen LogP contribution in [0.1, 0.15) is 34.1 Å². The first-order valence-corrected chi connectivity index (χ1v) is 5.27. The summed E-state index contributed by atoms with van der Waals surface area (Å²) in [5, 5.41) is 0. The van der Waals surface area contributed by atoms with Crippen molar-refractivity contribution < 1.29 is 4.79 Å². The van der Waals surface area contributed by atoms with Gasteiger partial charge in [0.2, 0.25) is 5.91 Å². The van der Waals surface area contributed by atoms with Gasteiger partial charge in [-0.2, -0.15) is 0 Å². The van der Waals surface area contributed by atoms with E-state index in [1.54, 1.807) is 4.90 Å². The first-order chi connectivity index (χ1) is 6.31. The van der Waals surface area contributed by atoms with Crippen LogP contribution < -0.4 is 5.73 Å². The molecule has 0 heterocycles. The Kier molecular flexibility index (Phi) is 5.13. The number of hydrogen-bond donors (Lipinski definition) is 1. The van der Waals surface area contributed by atoms with Gasteiger partial charge in [0.25, 0.3) is 0 Å². The molecule has 0 rings (SSSR count). The lowest BCUT2D eigenvalue weighted by atomic mass is 9.87. The van der Waals surface area contributed by atoms with Gasteiger partial charge in [0.05, 0.1) is 0 Å². The van der Waals surface area contributed by atoms with Gasteiger partial charge in [-0.25, -0.2) is 0 Å². The van der Waals surface area contributed by atoms with Crippen molar-refractivity contribution in [2.45, 2.75) is 34.1 Å². The van der Waals surface area contributed by atoms with E-state index in [2.05, 4.69) is 13.8 Å². The molecule has 3 nitrogen and oxygen atoms in total. The van der Waals surface area contributed by atoms with Gasteiger partial charge in [-0.1, -0.05) is 27.7 Å². The molecule has 1 amide bonds. The summed E-state index contributed by atoms with van der Waals surface area (Å²) in [6, 6.07) is 0. The molecule has 14 heavy (non-hydrogen) atoms. The molecule has 2 N–H and O–H groups in total. The van der Waals surface area contributed by atoms with E-state index in [9.17, 15) is 4.79 Å². The van der Waals surface area contributed by atoms with Gasteiger partial charge >= 0.3 is 0 Å². The van der Waals surface area contributed by atoms with Crippen LogP contribution in [0.4, 0.5) is 0 Å². The minimum Gasteiger partial charge on any atom is -0.345 e. The lowest BCUT2D eigenvalue weighted by Crippen LogP contribution is -2.41. The van der Waals surface area contributed by atoms with E-state index in [1.165, 1.54) is 0 Å². The number of amides is 1. The minimum absolute atomic E-state index is 0.191. The fraction of sp³-hybridized carbons (Fsp3) is 0.909. The maximum Gasteiger partial charge on any atom is 0.228 e. The molecular weight excluding hydrogens is 176 g/mol. The van der Waals surface area contributed by atoms with Gasteiger partial charge in [-0.3, -0.25) is 4.79 Å². The van der Waals surface area contributed by atoms with E-state index in [0.717, 1.165) is 13.0 Å².